The van der Waals surface area contributed by atoms with Crippen LogP contribution in [0, 0.1) is 23.7 Å². The molecule has 5 rings (SSSR count). The lowest BCUT2D eigenvalue weighted by Crippen LogP contribution is -2.70. The van der Waals surface area contributed by atoms with E-state index in [-0.39, 0.29) is 17.5 Å². The lowest BCUT2D eigenvalue weighted by Gasteiger charge is -2.53. The first kappa shape index (κ1) is 23.1. The number of hydrogen-bond acceptors (Lipinski definition) is 8. The van der Waals surface area contributed by atoms with Crippen molar-refractivity contribution in [1.29, 1.82) is 0 Å². The number of phenolic OH excluding ortho intramolecular Hbond substituents is 1. The van der Waals surface area contributed by atoms with E-state index in [1.54, 1.807) is 36.4 Å². The highest BCUT2D eigenvalue weighted by atomic mass is 16.3. The van der Waals surface area contributed by atoms with Gasteiger partial charge < -0.3 is 21.1 Å². The van der Waals surface area contributed by atoms with E-state index in [0.717, 1.165) is 0 Å². The number of ketones is 4. The van der Waals surface area contributed by atoms with Crippen molar-refractivity contribution in [3.63, 3.8) is 0 Å². The number of phenols is 1. The third kappa shape index (κ3) is 2.91. The summed E-state index contributed by atoms with van der Waals surface area (Å²) >= 11 is 0. The summed E-state index contributed by atoms with van der Waals surface area (Å²) in [5.41, 5.74) is 1.59. The molecule has 0 aromatic heterocycles. The molecular formula is C26H23NO8. The molecule has 35 heavy (non-hydrogen) atoms. The molecule has 2 aromatic carbocycles. The lowest BCUT2D eigenvalue weighted by atomic mass is 9.50. The maximum Gasteiger partial charge on any atom is 0.235 e. The third-order valence-electron chi connectivity index (χ3n) is 7.91. The number of benzene rings is 2. The van der Waals surface area contributed by atoms with Crippen molar-refractivity contribution < 1.29 is 39.3 Å². The zero-order valence-electron chi connectivity index (χ0n) is 18.7. The van der Waals surface area contributed by atoms with Gasteiger partial charge in [-0.25, -0.2) is 0 Å². The smallest absolute Gasteiger partial charge is 0.235 e. The summed E-state index contributed by atoms with van der Waals surface area (Å²) in [5, 5.41) is 33.7. The Morgan fingerprint density at radius 3 is 2.29 bits per heavy atom. The van der Waals surface area contributed by atoms with Gasteiger partial charge in [-0.15, -0.1) is 0 Å². The first-order valence-corrected chi connectivity index (χ1v) is 11.2. The fourth-order valence-electron chi connectivity index (χ4n) is 6.22. The van der Waals surface area contributed by atoms with Gasteiger partial charge in [0, 0.05) is 23.8 Å². The number of hydrogen-bond donors (Lipinski definition) is 4. The van der Waals surface area contributed by atoms with Crippen LogP contribution in [0.2, 0.25) is 0 Å². The predicted octanol–water partition coefficient (Wildman–Crippen LogP) is 0.659. The van der Waals surface area contributed by atoms with Crippen LogP contribution < -0.4 is 5.73 Å². The van der Waals surface area contributed by atoms with Crippen molar-refractivity contribution in [2.45, 2.75) is 31.0 Å². The van der Waals surface area contributed by atoms with E-state index in [4.69, 9.17) is 5.73 Å². The highest BCUT2D eigenvalue weighted by Gasteiger charge is 2.68. The SMILES string of the molecule is CC1(O)c2c(-c3ccccc3)ccc(O)c2C(=O)C2C(=O)[C@]3(O)C(=O)C(C(N)=O)C(=O)C[C@@H]3C[C@@H]21. The van der Waals surface area contributed by atoms with E-state index in [9.17, 15) is 39.3 Å². The molecule has 9 nitrogen and oxygen atoms in total. The second kappa shape index (κ2) is 7.40. The third-order valence-corrected chi connectivity index (χ3v) is 7.91. The van der Waals surface area contributed by atoms with E-state index in [1.807, 2.05) is 0 Å². The molecule has 0 saturated heterocycles. The summed E-state index contributed by atoms with van der Waals surface area (Å²) < 4.78 is 0. The average molecular weight is 477 g/mol. The van der Waals surface area contributed by atoms with Crippen LogP contribution in [0.15, 0.2) is 42.5 Å². The van der Waals surface area contributed by atoms with Gasteiger partial charge >= 0.3 is 0 Å². The minimum atomic E-state index is -2.77. The first-order valence-electron chi connectivity index (χ1n) is 11.2. The molecule has 180 valence electrons. The number of aromatic hydroxyl groups is 1. The van der Waals surface area contributed by atoms with Crippen molar-refractivity contribution in [2.24, 2.45) is 29.4 Å². The number of rotatable bonds is 2. The lowest BCUT2D eigenvalue weighted by molar-refractivity contribution is -0.182. The van der Waals surface area contributed by atoms with Crippen LogP contribution in [0.1, 0.15) is 35.7 Å². The molecule has 2 aromatic rings. The molecule has 0 heterocycles. The number of carbonyl (C=O) groups excluding carboxylic acids is 5. The van der Waals surface area contributed by atoms with Gasteiger partial charge in [0.25, 0.3) is 0 Å². The Morgan fingerprint density at radius 1 is 1.00 bits per heavy atom. The van der Waals surface area contributed by atoms with Crippen LogP contribution in [0.4, 0.5) is 0 Å². The molecule has 2 fully saturated rings. The van der Waals surface area contributed by atoms with E-state index < -0.39 is 76.1 Å². The Labute approximate surface area is 199 Å². The second-order valence-corrected chi connectivity index (χ2v) is 9.78. The van der Waals surface area contributed by atoms with Crippen molar-refractivity contribution in [2.75, 3.05) is 0 Å². The minimum absolute atomic E-state index is 0.136. The van der Waals surface area contributed by atoms with Crippen LogP contribution in [-0.4, -0.2) is 50.0 Å². The maximum absolute atomic E-state index is 13.7. The highest BCUT2D eigenvalue weighted by Crippen LogP contribution is 2.56. The molecule has 6 atom stereocenters. The van der Waals surface area contributed by atoms with Gasteiger partial charge in [0.05, 0.1) is 17.1 Å². The summed E-state index contributed by atoms with van der Waals surface area (Å²) in [6.45, 7) is 1.41. The topological polar surface area (TPSA) is 172 Å². The quantitative estimate of drug-likeness (QED) is 0.457. The molecule has 5 N–H and O–H groups in total. The summed E-state index contributed by atoms with van der Waals surface area (Å²) in [6.07, 6.45) is -0.689. The zero-order valence-corrected chi connectivity index (χ0v) is 18.7. The number of fused-ring (bicyclic) bond motifs is 3. The Bertz CT molecular complexity index is 1330. The van der Waals surface area contributed by atoms with Crippen molar-refractivity contribution >= 4 is 29.0 Å². The number of nitrogens with two attached hydrogens (primary N) is 1. The number of carbonyl (C=O) groups is 5. The highest BCUT2D eigenvalue weighted by molar-refractivity contribution is 6.31. The standard InChI is InChI=1S/C26H23NO8/c1-25(34)14-9-12-10-16(29)19(24(27)33)23(32)26(12,35)22(31)17(14)21(30)18-15(28)8-7-13(20(18)25)11-5-3-2-4-6-11/h2-8,12,14,17,19,28,34-35H,9-10H2,1H3,(H2,27,33)/t12-,14-,17?,19?,25?,26-/m0/s1. The molecule has 3 aliphatic carbocycles. The predicted molar refractivity (Wildman–Crippen MR) is 120 cm³/mol. The summed E-state index contributed by atoms with van der Waals surface area (Å²) in [6, 6.07) is 11.7. The second-order valence-electron chi connectivity index (χ2n) is 9.78. The Hall–Kier alpha value is -3.69. The van der Waals surface area contributed by atoms with Crippen molar-refractivity contribution in [1.82, 2.24) is 0 Å². The van der Waals surface area contributed by atoms with Crippen LogP contribution >= 0.6 is 0 Å². The maximum atomic E-state index is 13.7. The fourth-order valence-corrected chi connectivity index (χ4v) is 6.22. The van der Waals surface area contributed by atoms with E-state index in [2.05, 4.69) is 0 Å². The molecule has 0 spiro atoms. The minimum Gasteiger partial charge on any atom is -0.507 e. The van der Waals surface area contributed by atoms with Gasteiger partial charge in [0.2, 0.25) is 5.91 Å². The number of amides is 1. The van der Waals surface area contributed by atoms with E-state index in [1.165, 1.54) is 13.0 Å². The van der Waals surface area contributed by atoms with Gasteiger partial charge in [-0.2, -0.15) is 0 Å². The molecule has 0 radical (unpaired) electrons. The average Bonchev–Trinajstić information content (AvgIpc) is 2.80. The van der Waals surface area contributed by atoms with Crippen LogP contribution in [0.3, 0.4) is 0 Å². The van der Waals surface area contributed by atoms with Gasteiger partial charge in [-0.05, 0) is 30.5 Å². The molecule has 1 amide bonds. The molecule has 2 saturated carbocycles. The van der Waals surface area contributed by atoms with Gasteiger partial charge in [0.15, 0.2) is 34.7 Å². The summed E-state index contributed by atoms with van der Waals surface area (Å²) in [4.78, 5) is 64.6. The number of Topliss-reactive ketones (excluding diaryl/α,β-unsaturated/α-hetero) is 4. The van der Waals surface area contributed by atoms with Crippen molar-refractivity contribution in [3.05, 3.63) is 53.6 Å². The zero-order chi connectivity index (χ0) is 25.4. The van der Waals surface area contributed by atoms with Crippen LogP contribution in [-0.2, 0) is 24.8 Å². The van der Waals surface area contributed by atoms with Gasteiger partial charge in [-0.1, -0.05) is 36.4 Å². The van der Waals surface area contributed by atoms with E-state index >= 15 is 0 Å². The Morgan fingerprint density at radius 2 is 1.66 bits per heavy atom. The fraction of sp³-hybridized carbons (Fsp3) is 0.346. The van der Waals surface area contributed by atoms with Crippen molar-refractivity contribution in [3.8, 4) is 16.9 Å². The van der Waals surface area contributed by atoms with Crippen LogP contribution in [0.5, 0.6) is 5.75 Å². The molecule has 9 heteroatoms. The monoisotopic (exact) mass is 477 g/mol. The summed E-state index contributed by atoms with van der Waals surface area (Å²) in [5.74, 6) is -11.9. The van der Waals surface area contributed by atoms with Crippen LogP contribution in [0.25, 0.3) is 11.1 Å². The van der Waals surface area contributed by atoms with Gasteiger partial charge in [0.1, 0.15) is 5.75 Å². The van der Waals surface area contributed by atoms with E-state index in [0.29, 0.717) is 11.1 Å². The molecular weight excluding hydrogens is 454 g/mol. The molecule has 3 aliphatic rings. The summed E-state index contributed by atoms with van der Waals surface area (Å²) in [7, 11) is 0. The molecule has 0 aliphatic heterocycles. The molecule has 3 unspecified atom stereocenters. The largest absolute Gasteiger partial charge is 0.507 e. The first-order chi connectivity index (χ1) is 16.4. The Kier molecular flexibility index (Phi) is 4.88. The van der Waals surface area contributed by atoms with Gasteiger partial charge in [-0.3, -0.25) is 24.0 Å². The number of aliphatic hydroxyl groups is 2. The normalized spacial score (nSPS) is 34.1. The Balaban J connectivity index is 1.71. The molecule has 0 bridgehead atoms. The number of primary amides is 1.